The lowest BCUT2D eigenvalue weighted by molar-refractivity contribution is -0.120. The molecular formula is C19H20N4O2S3. The highest BCUT2D eigenvalue weighted by Gasteiger charge is 2.36. The number of nitrogens with zero attached hydrogens (tertiary/aromatic N) is 4. The van der Waals surface area contributed by atoms with Crippen molar-refractivity contribution in [1.29, 1.82) is 0 Å². The molecule has 1 aromatic heterocycles. The Labute approximate surface area is 176 Å². The molecule has 1 aromatic carbocycles. The fourth-order valence-corrected chi connectivity index (χ4v) is 6.35. The van der Waals surface area contributed by atoms with Crippen LogP contribution in [-0.2, 0) is 11.3 Å². The molecule has 0 bridgehead atoms. The fourth-order valence-electron chi connectivity index (χ4n) is 3.46. The summed E-state index contributed by atoms with van der Waals surface area (Å²) in [6.45, 7) is 4.81. The molecule has 0 spiro atoms. The molecule has 1 amide bonds. The minimum atomic E-state index is -0.147. The molecule has 146 valence electrons. The van der Waals surface area contributed by atoms with E-state index in [0.717, 1.165) is 15.6 Å². The smallest absolute Gasteiger partial charge is 0.279 e. The summed E-state index contributed by atoms with van der Waals surface area (Å²) in [6.07, 6.45) is 0. The van der Waals surface area contributed by atoms with Gasteiger partial charge in [0.15, 0.2) is 5.11 Å². The second-order valence-electron chi connectivity index (χ2n) is 6.46. The predicted molar refractivity (Wildman–Crippen MR) is 119 cm³/mol. The van der Waals surface area contributed by atoms with Crippen molar-refractivity contribution in [3.05, 3.63) is 43.8 Å². The number of carbonyl (C=O) groups is 1. The zero-order valence-electron chi connectivity index (χ0n) is 16.1. The number of benzene rings is 1. The lowest BCUT2D eigenvalue weighted by Crippen LogP contribution is -2.35. The molecule has 2 aliphatic rings. The molecule has 28 heavy (non-hydrogen) atoms. The van der Waals surface area contributed by atoms with E-state index in [0.29, 0.717) is 33.1 Å². The molecule has 0 radical (unpaired) electrons. The second kappa shape index (κ2) is 7.06. The molecule has 9 heteroatoms. The van der Waals surface area contributed by atoms with Crippen LogP contribution in [0, 0.1) is 0 Å². The molecule has 0 atom stereocenters. The molecule has 4 rings (SSSR count). The Hall–Kier alpha value is -2.10. The zero-order valence-corrected chi connectivity index (χ0v) is 18.5. The topological polar surface area (TPSA) is 48.8 Å². The first kappa shape index (κ1) is 19.2. The summed E-state index contributed by atoms with van der Waals surface area (Å²) in [6, 6.07) is 8.08. The van der Waals surface area contributed by atoms with E-state index in [9.17, 15) is 9.59 Å². The highest BCUT2D eigenvalue weighted by atomic mass is 32.2. The summed E-state index contributed by atoms with van der Waals surface area (Å²) in [4.78, 5) is 32.6. The number of para-hydroxylation sites is 1. The number of carbonyl (C=O) groups excluding carboxylic acids is 1. The molecule has 0 saturated carbocycles. The molecule has 3 heterocycles. The van der Waals surface area contributed by atoms with Crippen LogP contribution >= 0.6 is 35.3 Å². The predicted octanol–water partition coefficient (Wildman–Crippen LogP) is 1.42. The molecule has 0 aliphatic carbocycles. The number of thioether (sulfide) groups is 1. The van der Waals surface area contributed by atoms with Crippen molar-refractivity contribution in [3.63, 3.8) is 0 Å². The monoisotopic (exact) mass is 432 g/mol. The Kier molecular flexibility index (Phi) is 4.84. The van der Waals surface area contributed by atoms with E-state index in [2.05, 4.69) is 6.07 Å². The molecule has 6 nitrogen and oxygen atoms in total. The number of fused-ring (bicyclic) bond motifs is 1. The normalized spacial score (nSPS) is 20.5. The number of likely N-dealkylation sites (N-methyl/N-ethyl adjacent to an activating group) is 2. The van der Waals surface area contributed by atoms with Crippen molar-refractivity contribution in [1.82, 2.24) is 14.4 Å². The maximum atomic E-state index is 13.2. The molecule has 2 aromatic rings. The number of amides is 1. The molecular weight excluding hydrogens is 412 g/mol. The molecule has 2 aliphatic heterocycles. The van der Waals surface area contributed by atoms with Gasteiger partial charge < -0.3 is 9.80 Å². The summed E-state index contributed by atoms with van der Waals surface area (Å²) in [7, 11) is 3.76. The van der Waals surface area contributed by atoms with Crippen LogP contribution in [0.15, 0.2) is 34.0 Å². The van der Waals surface area contributed by atoms with Gasteiger partial charge in [-0.15, -0.1) is 11.3 Å². The minimum Gasteiger partial charge on any atom is -0.337 e. The van der Waals surface area contributed by atoms with E-state index in [4.69, 9.17) is 12.2 Å². The quantitative estimate of drug-likeness (QED) is 0.669. The SMILES string of the molecule is CCN1C(=O)/C(=c2/s/c(=C3\Sc4ccccc4N3C)c(=O)n2CC)N(C)C1=S. The van der Waals surface area contributed by atoms with Crippen LogP contribution in [0.3, 0.4) is 0 Å². The maximum absolute atomic E-state index is 13.2. The summed E-state index contributed by atoms with van der Waals surface area (Å²) in [5.41, 5.74) is 1.49. The molecule has 0 N–H and O–H groups in total. The van der Waals surface area contributed by atoms with Crippen LogP contribution in [0.25, 0.3) is 10.7 Å². The van der Waals surface area contributed by atoms with Gasteiger partial charge in [0.25, 0.3) is 11.5 Å². The van der Waals surface area contributed by atoms with Gasteiger partial charge >= 0.3 is 0 Å². The first-order valence-electron chi connectivity index (χ1n) is 8.99. The summed E-state index contributed by atoms with van der Waals surface area (Å²) in [5, 5.41) is 1.37. The van der Waals surface area contributed by atoms with Crippen molar-refractivity contribution in [3.8, 4) is 0 Å². The van der Waals surface area contributed by atoms with Gasteiger partial charge in [-0.3, -0.25) is 19.1 Å². The van der Waals surface area contributed by atoms with Crippen molar-refractivity contribution in [2.24, 2.45) is 0 Å². The van der Waals surface area contributed by atoms with Gasteiger partial charge in [-0.05, 0) is 38.2 Å². The van der Waals surface area contributed by atoms with Crippen molar-refractivity contribution >= 4 is 62.7 Å². The summed E-state index contributed by atoms with van der Waals surface area (Å²) in [5.74, 6) is -0.147. The number of anilines is 1. The maximum Gasteiger partial charge on any atom is 0.279 e. The van der Waals surface area contributed by atoms with Gasteiger partial charge in [0.2, 0.25) is 0 Å². The molecule has 0 unspecified atom stereocenters. The van der Waals surface area contributed by atoms with E-state index in [1.165, 1.54) is 11.3 Å². The Morgan fingerprint density at radius 3 is 2.36 bits per heavy atom. The van der Waals surface area contributed by atoms with Crippen LogP contribution in [0.4, 0.5) is 5.69 Å². The van der Waals surface area contributed by atoms with Gasteiger partial charge in [0.1, 0.15) is 19.9 Å². The van der Waals surface area contributed by atoms with Gasteiger partial charge in [0.05, 0.1) is 5.69 Å². The number of hydrogen-bond donors (Lipinski definition) is 0. The first-order chi connectivity index (χ1) is 13.4. The third-order valence-corrected chi connectivity index (χ3v) is 7.99. The standard InChI is InChI=1S/C19H20N4O2S3/c1-5-22-16(25)14(18-20(3)11-9-7-8-10-12(11)27-18)28-17(22)13-15(24)23(6-2)19(26)21(13)4/h7-10H,5-6H2,1-4H3/b17-13-,18-14-. The van der Waals surface area contributed by atoms with Crippen LogP contribution in [0.2, 0.25) is 0 Å². The Bertz CT molecular complexity index is 1180. The van der Waals surface area contributed by atoms with E-state index >= 15 is 0 Å². The summed E-state index contributed by atoms with van der Waals surface area (Å²) >= 11 is 8.38. The average molecular weight is 433 g/mol. The lowest BCUT2D eigenvalue weighted by atomic mass is 10.3. The number of thiazole rings is 1. The lowest BCUT2D eigenvalue weighted by Gasteiger charge is -2.13. The first-order valence-corrected chi connectivity index (χ1v) is 11.0. The van der Waals surface area contributed by atoms with E-state index < -0.39 is 0 Å². The number of hydrogen-bond acceptors (Lipinski definition) is 6. The van der Waals surface area contributed by atoms with Gasteiger partial charge in [-0.25, -0.2) is 0 Å². The van der Waals surface area contributed by atoms with Crippen molar-refractivity contribution in [2.75, 3.05) is 25.5 Å². The van der Waals surface area contributed by atoms with E-state index in [-0.39, 0.29) is 11.5 Å². The van der Waals surface area contributed by atoms with Crippen LogP contribution in [0.1, 0.15) is 13.8 Å². The number of aromatic nitrogens is 1. The zero-order chi connectivity index (χ0) is 20.2. The Morgan fingerprint density at radius 2 is 1.75 bits per heavy atom. The highest BCUT2D eigenvalue weighted by molar-refractivity contribution is 8.08. The number of rotatable bonds is 2. The second-order valence-corrected chi connectivity index (χ2v) is 8.85. The Balaban J connectivity index is 2.02. The summed E-state index contributed by atoms with van der Waals surface area (Å²) < 4.78 is 2.98. The van der Waals surface area contributed by atoms with Crippen LogP contribution in [0.5, 0.6) is 0 Å². The Morgan fingerprint density at radius 1 is 1.04 bits per heavy atom. The van der Waals surface area contributed by atoms with Crippen LogP contribution in [-0.4, -0.2) is 46.0 Å². The van der Waals surface area contributed by atoms with Gasteiger partial charge in [-0.1, -0.05) is 23.9 Å². The molecule has 1 saturated heterocycles. The highest BCUT2D eigenvalue weighted by Crippen LogP contribution is 2.44. The fraction of sp³-hybridized carbons (Fsp3) is 0.316. The van der Waals surface area contributed by atoms with Crippen molar-refractivity contribution < 1.29 is 4.79 Å². The average Bonchev–Trinajstić information content (AvgIpc) is 3.26. The number of thiocarbonyl (C=S) groups is 1. The molecule has 1 fully saturated rings. The largest absolute Gasteiger partial charge is 0.337 e. The van der Waals surface area contributed by atoms with E-state index in [1.807, 2.05) is 44.0 Å². The van der Waals surface area contributed by atoms with Gasteiger partial charge in [0, 0.05) is 32.1 Å². The third-order valence-electron chi connectivity index (χ3n) is 4.95. The third kappa shape index (κ3) is 2.64. The van der Waals surface area contributed by atoms with Gasteiger partial charge in [-0.2, -0.15) is 0 Å². The van der Waals surface area contributed by atoms with Crippen LogP contribution < -0.4 is 19.7 Å². The minimum absolute atomic E-state index is 0.0702. The van der Waals surface area contributed by atoms with E-state index in [1.54, 1.807) is 33.2 Å². The van der Waals surface area contributed by atoms with Crippen molar-refractivity contribution in [2.45, 2.75) is 25.3 Å².